The molecular weight excluding hydrogens is 286 g/mol. The molecule has 110 valence electrons. The van der Waals surface area contributed by atoms with Crippen molar-refractivity contribution in [1.29, 1.82) is 0 Å². The lowest BCUT2D eigenvalue weighted by Gasteiger charge is -2.19. The highest BCUT2D eigenvalue weighted by atomic mass is 35.5. The lowest BCUT2D eigenvalue weighted by Crippen LogP contribution is -2.21. The first kappa shape index (κ1) is 13.9. The predicted molar refractivity (Wildman–Crippen MR) is 87.4 cm³/mol. The molecule has 0 unspecified atom stereocenters. The van der Waals surface area contributed by atoms with Crippen molar-refractivity contribution in [3.05, 3.63) is 35.1 Å². The predicted octanol–water partition coefficient (Wildman–Crippen LogP) is 3.36. The minimum Gasteiger partial charge on any atom is -0.393 e. The van der Waals surface area contributed by atoms with Gasteiger partial charge in [0.1, 0.15) is 12.0 Å². The third kappa shape index (κ3) is 2.88. The molecule has 1 saturated heterocycles. The Morgan fingerprint density at radius 1 is 1.24 bits per heavy atom. The van der Waals surface area contributed by atoms with Crippen molar-refractivity contribution >= 4 is 34.6 Å². The number of nitrogens with one attached hydrogen (secondary N) is 1. The molecule has 0 amide bonds. The van der Waals surface area contributed by atoms with Crippen LogP contribution in [0.4, 0.5) is 23.0 Å². The standard InChI is InChI=1S/C15H18ClN5/c1-10-4-5-11(8-12(10)16)20-14-13(17)15(19-9-18-14)21-6-2-3-7-21/h4-5,8-9H,2-3,6-7,17H2,1H3,(H,18,19,20). The maximum atomic E-state index is 6.22. The molecule has 1 aromatic carbocycles. The van der Waals surface area contributed by atoms with Gasteiger partial charge < -0.3 is 16.0 Å². The van der Waals surface area contributed by atoms with Crippen LogP contribution in [0.2, 0.25) is 5.02 Å². The Kier molecular flexibility index (Phi) is 3.84. The van der Waals surface area contributed by atoms with Crippen molar-refractivity contribution in [2.24, 2.45) is 0 Å². The molecule has 2 aromatic rings. The van der Waals surface area contributed by atoms with Gasteiger partial charge in [0.25, 0.3) is 0 Å². The first-order valence-corrected chi connectivity index (χ1v) is 7.41. The molecule has 21 heavy (non-hydrogen) atoms. The van der Waals surface area contributed by atoms with Crippen molar-refractivity contribution in [3.63, 3.8) is 0 Å². The van der Waals surface area contributed by atoms with Crippen LogP contribution in [0.5, 0.6) is 0 Å². The van der Waals surface area contributed by atoms with E-state index in [9.17, 15) is 0 Å². The average molecular weight is 304 g/mol. The smallest absolute Gasteiger partial charge is 0.159 e. The summed E-state index contributed by atoms with van der Waals surface area (Å²) >= 11 is 6.14. The van der Waals surface area contributed by atoms with Crippen molar-refractivity contribution in [1.82, 2.24) is 9.97 Å². The molecule has 6 heteroatoms. The highest BCUT2D eigenvalue weighted by molar-refractivity contribution is 6.31. The lowest BCUT2D eigenvalue weighted by molar-refractivity contribution is 0.931. The highest BCUT2D eigenvalue weighted by Gasteiger charge is 2.18. The molecule has 0 bridgehead atoms. The molecule has 0 aliphatic carbocycles. The van der Waals surface area contributed by atoms with E-state index in [2.05, 4.69) is 20.2 Å². The van der Waals surface area contributed by atoms with E-state index < -0.39 is 0 Å². The number of aromatic nitrogens is 2. The number of rotatable bonds is 3. The minimum atomic E-state index is 0.580. The lowest BCUT2D eigenvalue weighted by atomic mass is 10.2. The van der Waals surface area contributed by atoms with E-state index in [1.807, 2.05) is 25.1 Å². The number of anilines is 4. The van der Waals surface area contributed by atoms with Crippen LogP contribution in [0.25, 0.3) is 0 Å². The van der Waals surface area contributed by atoms with Crippen LogP contribution in [0.1, 0.15) is 18.4 Å². The minimum absolute atomic E-state index is 0.580. The Bertz CT molecular complexity index is 653. The fourth-order valence-corrected chi connectivity index (χ4v) is 2.65. The highest BCUT2D eigenvalue weighted by Crippen LogP contribution is 2.31. The van der Waals surface area contributed by atoms with Gasteiger partial charge in [-0.1, -0.05) is 17.7 Å². The molecule has 1 aliphatic rings. The van der Waals surface area contributed by atoms with E-state index in [-0.39, 0.29) is 0 Å². The molecule has 2 heterocycles. The summed E-state index contributed by atoms with van der Waals surface area (Å²) < 4.78 is 0. The van der Waals surface area contributed by atoms with Crippen LogP contribution in [0, 0.1) is 6.92 Å². The largest absolute Gasteiger partial charge is 0.393 e. The molecular formula is C15H18ClN5. The molecule has 1 fully saturated rings. The normalized spacial score (nSPS) is 14.5. The van der Waals surface area contributed by atoms with Crippen LogP contribution in [0.3, 0.4) is 0 Å². The number of nitrogens with two attached hydrogens (primary N) is 1. The van der Waals surface area contributed by atoms with Gasteiger partial charge in [0.05, 0.1) is 0 Å². The number of hydrogen-bond donors (Lipinski definition) is 2. The van der Waals surface area contributed by atoms with Crippen LogP contribution in [-0.4, -0.2) is 23.1 Å². The second kappa shape index (κ2) is 5.77. The van der Waals surface area contributed by atoms with Gasteiger partial charge >= 0.3 is 0 Å². The fraction of sp³-hybridized carbons (Fsp3) is 0.333. The average Bonchev–Trinajstić information content (AvgIpc) is 2.99. The molecule has 0 radical (unpaired) electrons. The topological polar surface area (TPSA) is 67.1 Å². The monoisotopic (exact) mass is 303 g/mol. The molecule has 0 saturated carbocycles. The summed E-state index contributed by atoms with van der Waals surface area (Å²) in [6.45, 7) is 3.96. The van der Waals surface area contributed by atoms with Gasteiger partial charge in [-0.05, 0) is 37.5 Å². The molecule has 3 rings (SSSR count). The summed E-state index contributed by atoms with van der Waals surface area (Å²) in [5.74, 6) is 1.43. The summed E-state index contributed by atoms with van der Waals surface area (Å²) in [6, 6.07) is 5.79. The molecule has 0 spiro atoms. The van der Waals surface area contributed by atoms with Gasteiger partial charge in [-0.2, -0.15) is 0 Å². The maximum Gasteiger partial charge on any atom is 0.159 e. The zero-order valence-electron chi connectivity index (χ0n) is 11.9. The summed E-state index contributed by atoms with van der Waals surface area (Å²) in [4.78, 5) is 10.8. The third-order valence-electron chi connectivity index (χ3n) is 3.70. The van der Waals surface area contributed by atoms with Gasteiger partial charge in [0.2, 0.25) is 0 Å². The van der Waals surface area contributed by atoms with E-state index in [0.29, 0.717) is 16.5 Å². The van der Waals surface area contributed by atoms with E-state index in [0.717, 1.165) is 30.2 Å². The molecule has 0 atom stereocenters. The number of hydrogen-bond acceptors (Lipinski definition) is 5. The number of benzene rings is 1. The third-order valence-corrected chi connectivity index (χ3v) is 4.11. The Balaban J connectivity index is 1.88. The summed E-state index contributed by atoms with van der Waals surface area (Å²) in [6.07, 6.45) is 3.90. The molecule has 3 N–H and O–H groups in total. The number of nitrogens with zero attached hydrogens (tertiary/aromatic N) is 3. The number of halogens is 1. The summed E-state index contributed by atoms with van der Waals surface area (Å²) in [5.41, 5.74) is 8.70. The quantitative estimate of drug-likeness (QED) is 0.910. The first-order valence-electron chi connectivity index (χ1n) is 7.04. The van der Waals surface area contributed by atoms with Crippen LogP contribution >= 0.6 is 11.6 Å². The Hall–Kier alpha value is -2.01. The SMILES string of the molecule is Cc1ccc(Nc2ncnc(N3CCCC3)c2N)cc1Cl. The van der Waals surface area contributed by atoms with E-state index in [1.165, 1.54) is 12.8 Å². The second-order valence-electron chi connectivity index (χ2n) is 5.24. The molecule has 5 nitrogen and oxygen atoms in total. The van der Waals surface area contributed by atoms with Crippen molar-refractivity contribution in [2.75, 3.05) is 29.0 Å². The Morgan fingerprint density at radius 2 is 2.00 bits per heavy atom. The zero-order chi connectivity index (χ0) is 14.8. The Labute approximate surface area is 129 Å². The molecule has 1 aromatic heterocycles. The summed E-state index contributed by atoms with van der Waals surface area (Å²) in [5, 5.41) is 3.93. The van der Waals surface area contributed by atoms with Gasteiger partial charge in [-0.3, -0.25) is 0 Å². The van der Waals surface area contributed by atoms with E-state index in [4.69, 9.17) is 17.3 Å². The number of aryl methyl sites for hydroxylation is 1. The fourth-order valence-electron chi connectivity index (χ4n) is 2.47. The van der Waals surface area contributed by atoms with Crippen molar-refractivity contribution < 1.29 is 0 Å². The maximum absolute atomic E-state index is 6.22. The first-order chi connectivity index (χ1) is 10.1. The molecule has 1 aliphatic heterocycles. The number of nitrogen functional groups attached to an aromatic ring is 1. The van der Waals surface area contributed by atoms with Gasteiger partial charge in [0.15, 0.2) is 11.6 Å². The van der Waals surface area contributed by atoms with E-state index in [1.54, 1.807) is 6.33 Å². The van der Waals surface area contributed by atoms with Crippen LogP contribution in [-0.2, 0) is 0 Å². The van der Waals surface area contributed by atoms with Gasteiger partial charge in [-0.15, -0.1) is 0 Å². The van der Waals surface area contributed by atoms with E-state index >= 15 is 0 Å². The summed E-state index contributed by atoms with van der Waals surface area (Å²) in [7, 11) is 0. The van der Waals surface area contributed by atoms with Gasteiger partial charge in [-0.25, -0.2) is 9.97 Å². The van der Waals surface area contributed by atoms with Gasteiger partial charge in [0, 0.05) is 23.8 Å². The van der Waals surface area contributed by atoms with Crippen molar-refractivity contribution in [2.45, 2.75) is 19.8 Å². The van der Waals surface area contributed by atoms with Crippen LogP contribution in [0.15, 0.2) is 24.5 Å². The second-order valence-corrected chi connectivity index (χ2v) is 5.65. The van der Waals surface area contributed by atoms with Crippen molar-refractivity contribution in [3.8, 4) is 0 Å². The Morgan fingerprint density at radius 3 is 2.71 bits per heavy atom. The van der Waals surface area contributed by atoms with Crippen LogP contribution < -0.4 is 16.0 Å². The zero-order valence-corrected chi connectivity index (χ0v) is 12.7.